The third-order valence-corrected chi connectivity index (χ3v) is 6.54. The molecule has 1 saturated carbocycles. The zero-order valence-electron chi connectivity index (χ0n) is 17.7. The summed E-state index contributed by atoms with van der Waals surface area (Å²) in [4.78, 5) is 15.4. The van der Waals surface area contributed by atoms with E-state index in [-0.39, 0.29) is 24.6 Å². The molecule has 2 heterocycles. The maximum Gasteiger partial charge on any atom is 0.314 e. The summed E-state index contributed by atoms with van der Waals surface area (Å²) in [6, 6.07) is 13.9. The Bertz CT molecular complexity index is 788. The van der Waals surface area contributed by atoms with E-state index in [0.29, 0.717) is 11.7 Å². The van der Waals surface area contributed by atoms with E-state index in [0.717, 1.165) is 56.6 Å². The molecule has 1 atom stereocenters. The lowest BCUT2D eigenvalue weighted by atomic mass is 9.77. The summed E-state index contributed by atoms with van der Waals surface area (Å²) in [5.41, 5.74) is 1.06. The van der Waals surface area contributed by atoms with E-state index in [9.17, 15) is 9.90 Å². The van der Waals surface area contributed by atoms with Crippen molar-refractivity contribution < 1.29 is 19.1 Å². The molecule has 1 aromatic heterocycles. The molecule has 1 aliphatic heterocycles. The fraction of sp³-hybridized carbons (Fsp3) is 0.560. The second-order valence-corrected chi connectivity index (χ2v) is 8.77. The van der Waals surface area contributed by atoms with Crippen LogP contribution in [-0.2, 0) is 22.7 Å². The second-order valence-electron chi connectivity index (χ2n) is 8.77. The van der Waals surface area contributed by atoms with E-state index < -0.39 is 0 Å². The lowest BCUT2D eigenvalue weighted by Gasteiger charge is -2.29. The van der Waals surface area contributed by atoms with Crippen LogP contribution in [0.5, 0.6) is 0 Å². The topological polar surface area (TPSA) is 62.9 Å². The van der Waals surface area contributed by atoms with Gasteiger partial charge in [0.25, 0.3) is 0 Å². The van der Waals surface area contributed by atoms with Gasteiger partial charge in [-0.2, -0.15) is 0 Å². The highest BCUT2D eigenvalue weighted by Gasteiger charge is 2.32. The van der Waals surface area contributed by atoms with E-state index in [1.807, 2.05) is 42.5 Å². The Morgan fingerprint density at radius 2 is 1.70 bits per heavy atom. The molecule has 2 aliphatic rings. The van der Waals surface area contributed by atoms with Crippen molar-refractivity contribution in [1.82, 2.24) is 4.90 Å². The minimum absolute atomic E-state index is 0.143. The smallest absolute Gasteiger partial charge is 0.314 e. The predicted octanol–water partition coefficient (Wildman–Crippen LogP) is 4.64. The van der Waals surface area contributed by atoms with Gasteiger partial charge in [0.1, 0.15) is 18.1 Å². The predicted molar refractivity (Wildman–Crippen MR) is 115 cm³/mol. The molecule has 0 radical (unpaired) electrons. The first-order chi connectivity index (χ1) is 14.7. The molecule has 1 N–H and O–H groups in total. The van der Waals surface area contributed by atoms with Gasteiger partial charge in [0.05, 0.1) is 18.6 Å². The van der Waals surface area contributed by atoms with Gasteiger partial charge in [-0.25, -0.2) is 0 Å². The Morgan fingerprint density at radius 3 is 2.43 bits per heavy atom. The van der Waals surface area contributed by atoms with Gasteiger partial charge < -0.3 is 14.3 Å². The SMILES string of the molecule is O=C(OCc1ccc(CN2CCC(O)CC2)o1)C(c1ccccc1)C1CCCCC1. The number of benzene rings is 1. The summed E-state index contributed by atoms with van der Waals surface area (Å²) in [7, 11) is 0. The van der Waals surface area contributed by atoms with E-state index in [1.165, 1.54) is 19.3 Å². The molecule has 1 saturated heterocycles. The number of esters is 1. The maximum absolute atomic E-state index is 13.1. The highest BCUT2D eigenvalue weighted by Crippen LogP contribution is 2.37. The van der Waals surface area contributed by atoms with Crippen LogP contribution >= 0.6 is 0 Å². The van der Waals surface area contributed by atoms with Crippen LogP contribution in [0.3, 0.4) is 0 Å². The van der Waals surface area contributed by atoms with Gasteiger partial charge in [-0.15, -0.1) is 0 Å². The summed E-state index contributed by atoms with van der Waals surface area (Å²) in [6.45, 7) is 2.67. The van der Waals surface area contributed by atoms with Gasteiger partial charge >= 0.3 is 5.97 Å². The average Bonchev–Trinajstić information content (AvgIpc) is 3.23. The number of rotatable bonds is 7. The molecule has 162 valence electrons. The van der Waals surface area contributed by atoms with Crippen molar-refractivity contribution in [2.24, 2.45) is 5.92 Å². The number of piperidine rings is 1. The van der Waals surface area contributed by atoms with Crippen LogP contribution in [0.25, 0.3) is 0 Å². The van der Waals surface area contributed by atoms with E-state index in [1.54, 1.807) is 0 Å². The van der Waals surface area contributed by atoms with Crippen LogP contribution < -0.4 is 0 Å². The third-order valence-electron chi connectivity index (χ3n) is 6.54. The normalized spacial score (nSPS) is 20.2. The lowest BCUT2D eigenvalue weighted by Crippen LogP contribution is -2.35. The molecule has 0 bridgehead atoms. The number of hydrogen-bond acceptors (Lipinski definition) is 5. The highest BCUT2D eigenvalue weighted by molar-refractivity contribution is 5.78. The van der Waals surface area contributed by atoms with Crippen molar-refractivity contribution in [3.63, 3.8) is 0 Å². The maximum atomic E-state index is 13.1. The van der Waals surface area contributed by atoms with Crippen molar-refractivity contribution in [2.45, 2.75) is 70.1 Å². The van der Waals surface area contributed by atoms with Crippen molar-refractivity contribution in [3.05, 3.63) is 59.5 Å². The molecule has 0 amide bonds. The Morgan fingerprint density at radius 1 is 1.00 bits per heavy atom. The first-order valence-electron chi connectivity index (χ1n) is 11.4. The summed E-state index contributed by atoms with van der Waals surface area (Å²) >= 11 is 0. The fourth-order valence-electron chi connectivity index (χ4n) is 4.84. The molecule has 1 aromatic carbocycles. The van der Waals surface area contributed by atoms with E-state index in [2.05, 4.69) is 4.90 Å². The van der Waals surface area contributed by atoms with Crippen LogP contribution in [-0.4, -0.2) is 35.2 Å². The standard InChI is InChI=1S/C25H33NO4/c27-21-13-15-26(16-14-21)17-22-11-12-23(30-22)18-29-25(28)24(19-7-3-1-4-8-19)20-9-5-2-6-10-20/h1,3-4,7-8,11-12,20-21,24,27H,2,5-6,9-10,13-18H2. The summed E-state index contributed by atoms with van der Waals surface area (Å²) in [5.74, 6) is 1.59. The zero-order chi connectivity index (χ0) is 20.8. The molecule has 5 heteroatoms. The van der Waals surface area contributed by atoms with Crippen molar-refractivity contribution in [2.75, 3.05) is 13.1 Å². The Balaban J connectivity index is 1.35. The van der Waals surface area contributed by atoms with Gasteiger partial charge in [0, 0.05) is 13.1 Å². The Labute approximate surface area is 179 Å². The van der Waals surface area contributed by atoms with E-state index >= 15 is 0 Å². The largest absolute Gasteiger partial charge is 0.461 e. The number of carbonyl (C=O) groups is 1. The summed E-state index contributed by atoms with van der Waals surface area (Å²) in [6.07, 6.45) is 7.27. The minimum Gasteiger partial charge on any atom is -0.461 e. The number of likely N-dealkylation sites (tertiary alicyclic amines) is 1. The van der Waals surface area contributed by atoms with Crippen molar-refractivity contribution in [3.8, 4) is 0 Å². The highest BCUT2D eigenvalue weighted by atomic mass is 16.5. The molecule has 2 fully saturated rings. The molecular formula is C25H33NO4. The van der Waals surface area contributed by atoms with Gasteiger partial charge in [0.15, 0.2) is 0 Å². The summed E-state index contributed by atoms with van der Waals surface area (Å²) < 4.78 is 11.6. The van der Waals surface area contributed by atoms with Crippen LogP contribution in [0.4, 0.5) is 0 Å². The first-order valence-corrected chi connectivity index (χ1v) is 11.4. The quantitative estimate of drug-likeness (QED) is 0.672. The molecule has 0 spiro atoms. The molecule has 1 aliphatic carbocycles. The molecule has 1 unspecified atom stereocenters. The lowest BCUT2D eigenvalue weighted by molar-refractivity contribution is -0.149. The third kappa shape index (κ3) is 5.52. The molecule has 4 rings (SSSR count). The van der Waals surface area contributed by atoms with Gasteiger partial charge in [-0.3, -0.25) is 9.69 Å². The Kier molecular flexibility index (Phi) is 7.24. The number of ether oxygens (including phenoxy) is 1. The second kappa shape index (κ2) is 10.3. The van der Waals surface area contributed by atoms with Crippen LogP contribution in [0.1, 0.15) is 67.9 Å². The number of furan rings is 1. The molecule has 5 nitrogen and oxygen atoms in total. The Hall–Kier alpha value is -2.11. The number of carbonyl (C=O) groups excluding carboxylic acids is 1. The van der Waals surface area contributed by atoms with Crippen LogP contribution in [0, 0.1) is 5.92 Å². The number of aliphatic hydroxyl groups excluding tert-OH is 1. The molecule has 30 heavy (non-hydrogen) atoms. The minimum atomic E-state index is -0.194. The number of aliphatic hydroxyl groups is 1. The summed E-state index contributed by atoms with van der Waals surface area (Å²) in [5, 5.41) is 9.64. The number of hydrogen-bond donors (Lipinski definition) is 1. The van der Waals surface area contributed by atoms with Crippen LogP contribution in [0.15, 0.2) is 46.9 Å². The van der Waals surface area contributed by atoms with Gasteiger partial charge in [-0.1, -0.05) is 49.6 Å². The van der Waals surface area contributed by atoms with Crippen molar-refractivity contribution in [1.29, 1.82) is 0 Å². The number of nitrogens with zero attached hydrogens (tertiary/aromatic N) is 1. The van der Waals surface area contributed by atoms with E-state index in [4.69, 9.17) is 9.15 Å². The van der Waals surface area contributed by atoms with Crippen LogP contribution in [0.2, 0.25) is 0 Å². The average molecular weight is 412 g/mol. The fourth-order valence-corrected chi connectivity index (χ4v) is 4.84. The van der Waals surface area contributed by atoms with Crippen molar-refractivity contribution >= 4 is 5.97 Å². The zero-order valence-corrected chi connectivity index (χ0v) is 17.7. The molecular weight excluding hydrogens is 378 g/mol. The van der Waals surface area contributed by atoms with Gasteiger partial charge in [-0.05, 0) is 49.3 Å². The molecule has 2 aromatic rings. The van der Waals surface area contributed by atoms with Gasteiger partial charge in [0.2, 0.25) is 0 Å². The first kappa shape index (κ1) is 21.1. The monoisotopic (exact) mass is 411 g/mol.